The van der Waals surface area contributed by atoms with Crippen molar-refractivity contribution in [2.24, 2.45) is 0 Å². The average Bonchev–Trinajstić information content (AvgIpc) is 2.44. The van der Waals surface area contributed by atoms with Crippen LogP contribution in [0.15, 0.2) is 0 Å². The quantitative estimate of drug-likeness (QED) is 0.312. The molecule has 0 aliphatic carbocycles. The largest absolute Gasteiger partial charge is 0.394 e. The number of unbranched alkanes of at least 4 members (excludes halogenated alkanes) is 9. The molecule has 1 atom stereocenters. The number of aliphatic hydroxyl groups is 2. The highest BCUT2D eigenvalue weighted by Gasteiger charge is 2.16. The highest BCUT2D eigenvalue weighted by molar-refractivity contribution is 7.86. The second kappa shape index (κ2) is 15.7. The first-order chi connectivity index (χ1) is 10.0. The van der Waals surface area contributed by atoms with E-state index in [-0.39, 0.29) is 12.8 Å². The van der Waals surface area contributed by atoms with Gasteiger partial charge in [-0.3, -0.25) is 4.18 Å². The number of aliphatic hydroxyl groups excluding tert-OH is 2. The van der Waals surface area contributed by atoms with Crippen LogP contribution in [0, 0.1) is 0 Å². The first kappa shape index (κ1) is 24.0. The lowest BCUT2D eigenvalue weighted by molar-refractivity contribution is 0.109. The van der Waals surface area contributed by atoms with Crippen LogP contribution in [-0.4, -0.2) is 43.7 Å². The van der Waals surface area contributed by atoms with E-state index < -0.39 is 28.6 Å². The Hall–Kier alpha value is -0.210. The van der Waals surface area contributed by atoms with Gasteiger partial charge < -0.3 is 16.4 Å². The van der Waals surface area contributed by atoms with E-state index in [9.17, 15) is 8.42 Å². The zero-order valence-electron chi connectivity index (χ0n) is 14.3. The summed E-state index contributed by atoms with van der Waals surface area (Å²) in [5.74, 6) is -0.540. The van der Waals surface area contributed by atoms with E-state index in [2.05, 4.69) is 6.92 Å². The van der Waals surface area contributed by atoms with Gasteiger partial charge in [-0.25, -0.2) is 0 Å². The Morgan fingerprint density at radius 3 is 1.82 bits per heavy atom. The molecule has 0 amide bonds. The normalized spacial score (nSPS) is 12.9. The maximum atomic E-state index is 11.4. The molecule has 0 rings (SSSR count). The van der Waals surface area contributed by atoms with Crippen molar-refractivity contribution in [2.75, 3.05) is 19.0 Å². The molecule has 22 heavy (non-hydrogen) atoms. The summed E-state index contributed by atoms with van der Waals surface area (Å²) in [6.45, 7) is 1.81. The van der Waals surface area contributed by atoms with E-state index in [1.54, 1.807) is 0 Å². The van der Waals surface area contributed by atoms with E-state index in [1.807, 2.05) is 0 Å². The molecule has 0 aliphatic rings. The third kappa shape index (κ3) is 16.2. The van der Waals surface area contributed by atoms with Crippen LogP contribution in [0.3, 0.4) is 0 Å². The Bertz CT molecular complexity index is 322. The minimum absolute atomic E-state index is 0. The second-order valence-corrected chi connectivity index (χ2v) is 7.25. The third-order valence-corrected chi connectivity index (χ3v) is 4.69. The number of hydrogen-bond donors (Lipinski definition) is 3. The lowest BCUT2D eigenvalue weighted by Gasteiger charge is -2.08. The molecule has 0 saturated carbocycles. The van der Waals surface area contributed by atoms with Gasteiger partial charge in [0.25, 0.3) is 10.1 Å². The van der Waals surface area contributed by atoms with Crippen molar-refractivity contribution in [3.8, 4) is 0 Å². The summed E-state index contributed by atoms with van der Waals surface area (Å²) in [6, 6.07) is 0. The van der Waals surface area contributed by atoms with Crippen LogP contribution in [0.5, 0.6) is 0 Å². The molecule has 6 nitrogen and oxygen atoms in total. The fraction of sp³-hybridized carbons (Fsp3) is 1.00. The Balaban J connectivity index is 0. The molecular weight excluding hydrogens is 306 g/mol. The minimum Gasteiger partial charge on any atom is -0.394 e. The van der Waals surface area contributed by atoms with Crippen molar-refractivity contribution in [2.45, 2.75) is 77.2 Å². The van der Waals surface area contributed by atoms with E-state index in [1.165, 1.54) is 44.9 Å². The molecule has 0 aromatic carbocycles. The van der Waals surface area contributed by atoms with Crippen molar-refractivity contribution >= 4 is 10.1 Å². The fourth-order valence-electron chi connectivity index (χ4n) is 2.11. The summed E-state index contributed by atoms with van der Waals surface area (Å²) in [5, 5.41) is 17.6. The van der Waals surface area contributed by atoms with Crippen LogP contribution >= 0.6 is 0 Å². The van der Waals surface area contributed by atoms with Crippen molar-refractivity contribution in [3.63, 3.8) is 0 Å². The van der Waals surface area contributed by atoms with Gasteiger partial charge in [-0.05, 0) is 6.42 Å². The van der Waals surface area contributed by atoms with Gasteiger partial charge in [0.1, 0.15) is 5.75 Å². The fourth-order valence-corrected chi connectivity index (χ4v) is 3.16. The first-order valence-electron chi connectivity index (χ1n) is 8.18. The molecule has 136 valence electrons. The number of hydrogen-bond acceptors (Lipinski definition) is 5. The Morgan fingerprint density at radius 1 is 0.909 bits per heavy atom. The van der Waals surface area contributed by atoms with Crippen molar-refractivity contribution < 1.29 is 22.8 Å². The summed E-state index contributed by atoms with van der Waals surface area (Å²) in [6.07, 6.45) is 10.5. The summed E-state index contributed by atoms with van der Waals surface area (Å²) in [4.78, 5) is 0. The Kier molecular flexibility index (Phi) is 17.1. The third-order valence-electron chi connectivity index (χ3n) is 3.37. The van der Waals surface area contributed by atoms with Gasteiger partial charge in [-0.15, -0.1) is 0 Å². The first-order valence-corrected chi connectivity index (χ1v) is 9.75. The maximum absolute atomic E-state index is 11.4. The smallest absolute Gasteiger partial charge is 0.269 e. The molecule has 0 aromatic heterocycles. The van der Waals surface area contributed by atoms with Crippen LogP contribution in [-0.2, 0) is 14.3 Å². The molecule has 6 N–H and O–H groups in total. The molecule has 7 heteroatoms. The van der Waals surface area contributed by atoms with Gasteiger partial charge in [-0.2, -0.15) is 8.42 Å². The second-order valence-electron chi connectivity index (χ2n) is 5.56. The van der Waals surface area contributed by atoms with E-state index >= 15 is 0 Å². The highest BCUT2D eigenvalue weighted by atomic mass is 32.2. The molecule has 0 aromatic rings. The van der Waals surface area contributed by atoms with E-state index in [4.69, 9.17) is 14.4 Å². The highest BCUT2D eigenvalue weighted by Crippen LogP contribution is 2.10. The standard InChI is InChI=1S/C15H32O5S.H3N/c1-2-3-4-5-6-7-8-9-10-11-12-20-21(18,19)14-15(17)13-16;/h15-17H,2-14H2,1H3;1H3/p+1. The summed E-state index contributed by atoms with van der Waals surface area (Å²) in [5.41, 5.74) is 0. The lowest BCUT2D eigenvalue weighted by atomic mass is 10.1. The number of quaternary nitrogens is 1. The van der Waals surface area contributed by atoms with Crippen LogP contribution in [0.4, 0.5) is 0 Å². The maximum Gasteiger partial charge on any atom is 0.269 e. The summed E-state index contributed by atoms with van der Waals surface area (Å²) >= 11 is 0. The molecule has 0 bridgehead atoms. The van der Waals surface area contributed by atoms with Gasteiger partial charge in [0, 0.05) is 0 Å². The molecule has 0 heterocycles. The van der Waals surface area contributed by atoms with Gasteiger partial charge in [-0.1, -0.05) is 64.7 Å². The van der Waals surface area contributed by atoms with Crippen LogP contribution in [0.1, 0.15) is 71.1 Å². The SMILES string of the molecule is CCCCCCCCCCCCOS(=O)(=O)CC(O)CO.[NH4+]. The molecule has 0 radical (unpaired) electrons. The molecular formula is C15H36NO5S+. The minimum atomic E-state index is -3.71. The van der Waals surface area contributed by atoms with Gasteiger partial charge >= 0.3 is 0 Å². The topological polar surface area (TPSA) is 120 Å². The van der Waals surface area contributed by atoms with Gasteiger partial charge in [0.05, 0.1) is 19.3 Å². The molecule has 0 aliphatic heterocycles. The predicted octanol–water partition coefficient (Wildman–Crippen LogP) is 2.98. The zero-order valence-corrected chi connectivity index (χ0v) is 15.1. The molecule has 0 saturated heterocycles. The van der Waals surface area contributed by atoms with Crippen molar-refractivity contribution in [1.82, 2.24) is 6.15 Å². The summed E-state index contributed by atoms with van der Waals surface area (Å²) in [7, 11) is -3.71. The van der Waals surface area contributed by atoms with Crippen LogP contribution in [0.25, 0.3) is 0 Å². The molecule has 0 fully saturated rings. The van der Waals surface area contributed by atoms with Crippen molar-refractivity contribution in [1.29, 1.82) is 0 Å². The number of rotatable bonds is 15. The van der Waals surface area contributed by atoms with Crippen LogP contribution in [0.2, 0.25) is 0 Å². The monoisotopic (exact) mass is 342 g/mol. The Morgan fingerprint density at radius 2 is 1.36 bits per heavy atom. The average molecular weight is 343 g/mol. The van der Waals surface area contributed by atoms with Gasteiger partial charge in [0.15, 0.2) is 0 Å². The van der Waals surface area contributed by atoms with Crippen LogP contribution < -0.4 is 6.15 Å². The van der Waals surface area contributed by atoms with Gasteiger partial charge in [0.2, 0.25) is 0 Å². The Labute approximate surface area is 136 Å². The molecule has 1 unspecified atom stereocenters. The zero-order chi connectivity index (χ0) is 16.0. The lowest BCUT2D eigenvalue weighted by Crippen LogP contribution is -2.25. The molecule has 0 spiro atoms. The van der Waals surface area contributed by atoms with E-state index in [0.717, 1.165) is 12.8 Å². The van der Waals surface area contributed by atoms with Crippen molar-refractivity contribution in [3.05, 3.63) is 0 Å². The van der Waals surface area contributed by atoms with E-state index in [0.29, 0.717) is 6.42 Å². The summed E-state index contributed by atoms with van der Waals surface area (Å²) < 4.78 is 27.5. The predicted molar refractivity (Wildman–Crippen MR) is 90.7 cm³/mol.